The van der Waals surface area contributed by atoms with Crippen LogP contribution in [0.25, 0.3) is 5.20 Å². The molecule has 1 heterocycles. The standard InChI is InChI=1S/C12H18OSi2/c1-10-6-3-4-7-12(10)11(2)15-9-5-8-13-14-15/h3-4,6-7,15H,2,5,8-9,14H2,1H3. The second-order valence-corrected chi connectivity index (χ2v) is 11.6. The van der Waals surface area contributed by atoms with Crippen LogP contribution >= 0.6 is 0 Å². The Kier molecular flexibility index (Phi) is 3.56. The number of benzene rings is 1. The van der Waals surface area contributed by atoms with Gasteiger partial charge in [0.1, 0.15) is 0 Å². The highest BCUT2D eigenvalue weighted by atomic mass is 29.2. The number of aryl methyl sites for hydroxylation is 1. The monoisotopic (exact) mass is 234 g/mol. The van der Waals surface area contributed by atoms with Crippen molar-refractivity contribution in [3.05, 3.63) is 42.0 Å². The zero-order valence-electron chi connectivity index (χ0n) is 9.33. The maximum Gasteiger partial charge on any atom is 0.152 e. The topological polar surface area (TPSA) is 9.23 Å². The van der Waals surface area contributed by atoms with E-state index in [1.54, 1.807) is 0 Å². The first-order chi connectivity index (χ1) is 7.29. The van der Waals surface area contributed by atoms with Crippen LogP contribution in [0.4, 0.5) is 0 Å². The SMILES string of the molecule is C=C(c1ccccc1C)[SiH]1CCCO[SiH2]1. The Morgan fingerprint density at radius 2 is 2.27 bits per heavy atom. The van der Waals surface area contributed by atoms with Crippen molar-refractivity contribution < 1.29 is 4.43 Å². The fraction of sp³-hybridized carbons (Fsp3) is 0.333. The molecule has 80 valence electrons. The first kappa shape index (κ1) is 10.9. The molecule has 3 heteroatoms. The van der Waals surface area contributed by atoms with Gasteiger partial charge in [0, 0.05) is 6.61 Å². The van der Waals surface area contributed by atoms with E-state index in [1.807, 2.05) is 0 Å². The molecule has 0 bridgehead atoms. The molecule has 1 atom stereocenters. The van der Waals surface area contributed by atoms with Crippen molar-refractivity contribution in [2.45, 2.75) is 19.4 Å². The van der Waals surface area contributed by atoms with Gasteiger partial charge >= 0.3 is 0 Å². The molecule has 1 aliphatic rings. The Hall–Kier alpha value is -0.646. The van der Waals surface area contributed by atoms with Crippen LogP contribution in [0.15, 0.2) is 30.8 Å². The quantitative estimate of drug-likeness (QED) is 0.709. The minimum atomic E-state index is -0.753. The molecule has 1 aliphatic heterocycles. The molecule has 1 aromatic carbocycles. The summed E-state index contributed by atoms with van der Waals surface area (Å²) in [6, 6.07) is 10.0. The van der Waals surface area contributed by atoms with Gasteiger partial charge in [0.05, 0.1) is 8.31 Å². The Morgan fingerprint density at radius 1 is 1.47 bits per heavy atom. The van der Waals surface area contributed by atoms with Crippen LogP contribution < -0.4 is 0 Å². The summed E-state index contributed by atoms with van der Waals surface area (Å²) in [6.07, 6.45) is 1.26. The highest BCUT2D eigenvalue weighted by Crippen LogP contribution is 2.23. The molecule has 15 heavy (non-hydrogen) atoms. The van der Waals surface area contributed by atoms with Crippen molar-refractivity contribution in [1.82, 2.24) is 0 Å². The van der Waals surface area contributed by atoms with Gasteiger partial charge in [-0.2, -0.15) is 0 Å². The van der Waals surface area contributed by atoms with Crippen LogP contribution in [0.1, 0.15) is 17.5 Å². The van der Waals surface area contributed by atoms with Gasteiger partial charge in [-0.15, -0.1) is 0 Å². The van der Waals surface area contributed by atoms with E-state index >= 15 is 0 Å². The summed E-state index contributed by atoms with van der Waals surface area (Å²) in [5, 5.41) is 1.44. The molecule has 0 amide bonds. The Labute approximate surface area is 95.5 Å². The van der Waals surface area contributed by atoms with Gasteiger partial charge < -0.3 is 4.43 Å². The van der Waals surface area contributed by atoms with Crippen LogP contribution in [0.3, 0.4) is 0 Å². The van der Waals surface area contributed by atoms with Crippen molar-refractivity contribution in [2.24, 2.45) is 0 Å². The summed E-state index contributed by atoms with van der Waals surface area (Å²) in [6.45, 7) is 7.52. The second kappa shape index (κ2) is 4.92. The lowest BCUT2D eigenvalue weighted by Crippen LogP contribution is -2.31. The minimum absolute atomic E-state index is 0.245. The van der Waals surface area contributed by atoms with Crippen LogP contribution in [0.2, 0.25) is 6.04 Å². The lowest BCUT2D eigenvalue weighted by molar-refractivity contribution is 0.336. The van der Waals surface area contributed by atoms with Gasteiger partial charge in [0.2, 0.25) is 0 Å². The molecule has 1 unspecified atom stereocenters. The minimum Gasteiger partial charge on any atom is -0.427 e. The molecule has 0 N–H and O–H groups in total. The zero-order chi connectivity index (χ0) is 10.7. The molecule has 1 nitrogen and oxygen atoms in total. The third-order valence-electron chi connectivity index (χ3n) is 3.14. The maximum absolute atomic E-state index is 5.70. The predicted octanol–water partition coefficient (Wildman–Crippen LogP) is 1.78. The van der Waals surface area contributed by atoms with Crippen LogP contribution in [-0.4, -0.2) is 24.2 Å². The van der Waals surface area contributed by atoms with Crippen molar-refractivity contribution >= 4 is 22.8 Å². The highest BCUT2D eigenvalue weighted by molar-refractivity contribution is 7.19. The van der Waals surface area contributed by atoms with Crippen molar-refractivity contribution in [3.63, 3.8) is 0 Å². The predicted molar refractivity (Wildman–Crippen MR) is 71.3 cm³/mol. The average molecular weight is 234 g/mol. The molecule has 1 saturated heterocycles. The molecule has 0 aliphatic carbocycles. The highest BCUT2D eigenvalue weighted by Gasteiger charge is 2.21. The van der Waals surface area contributed by atoms with E-state index in [0.717, 1.165) is 6.61 Å². The molecule has 1 aromatic rings. The van der Waals surface area contributed by atoms with Crippen LogP contribution in [0, 0.1) is 6.92 Å². The van der Waals surface area contributed by atoms with Crippen molar-refractivity contribution in [3.8, 4) is 0 Å². The second-order valence-electron chi connectivity index (χ2n) is 4.25. The fourth-order valence-electron chi connectivity index (χ4n) is 2.17. The molecule has 0 aromatic heterocycles. The third-order valence-corrected chi connectivity index (χ3v) is 11.1. The number of rotatable bonds is 2. The third kappa shape index (κ3) is 2.48. The van der Waals surface area contributed by atoms with Crippen molar-refractivity contribution in [1.29, 1.82) is 0 Å². The van der Waals surface area contributed by atoms with Crippen LogP contribution in [-0.2, 0) is 4.43 Å². The van der Waals surface area contributed by atoms with E-state index in [-0.39, 0.29) is 9.28 Å². The molecular weight excluding hydrogens is 216 g/mol. The average Bonchev–Trinajstić information content (AvgIpc) is 2.30. The summed E-state index contributed by atoms with van der Waals surface area (Å²) in [4.78, 5) is 0. The summed E-state index contributed by atoms with van der Waals surface area (Å²) < 4.78 is 5.70. The van der Waals surface area contributed by atoms with Gasteiger partial charge in [-0.1, -0.05) is 42.1 Å². The van der Waals surface area contributed by atoms with Gasteiger partial charge in [0.15, 0.2) is 9.28 Å². The van der Waals surface area contributed by atoms with Gasteiger partial charge in [-0.3, -0.25) is 0 Å². The summed E-state index contributed by atoms with van der Waals surface area (Å²) in [7, 11) is -0.998. The summed E-state index contributed by atoms with van der Waals surface area (Å²) in [5.41, 5.74) is 2.77. The molecule has 1 fully saturated rings. The van der Waals surface area contributed by atoms with E-state index in [0.29, 0.717) is 0 Å². The van der Waals surface area contributed by atoms with Crippen LogP contribution in [0.5, 0.6) is 0 Å². The molecule has 0 saturated carbocycles. The lowest BCUT2D eigenvalue weighted by Gasteiger charge is -2.23. The van der Waals surface area contributed by atoms with E-state index in [2.05, 4.69) is 37.8 Å². The maximum atomic E-state index is 5.70. The van der Waals surface area contributed by atoms with Crippen molar-refractivity contribution in [2.75, 3.05) is 6.61 Å². The lowest BCUT2D eigenvalue weighted by atomic mass is 10.1. The van der Waals surface area contributed by atoms with Gasteiger partial charge in [-0.25, -0.2) is 0 Å². The molecule has 2 rings (SSSR count). The fourth-order valence-corrected chi connectivity index (χ4v) is 8.95. The summed E-state index contributed by atoms with van der Waals surface area (Å²) >= 11 is 0. The van der Waals surface area contributed by atoms with E-state index in [1.165, 1.54) is 28.8 Å². The largest absolute Gasteiger partial charge is 0.427 e. The van der Waals surface area contributed by atoms with E-state index < -0.39 is 8.31 Å². The molecular formula is C12H18OSi2. The first-order valence-electron chi connectivity index (χ1n) is 5.61. The number of hydrogen-bond acceptors (Lipinski definition) is 1. The Morgan fingerprint density at radius 3 is 2.93 bits per heavy atom. The number of hydrogen-bond donors (Lipinski definition) is 0. The smallest absolute Gasteiger partial charge is 0.152 e. The zero-order valence-corrected chi connectivity index (χ0v) is 11.9. The van der Waals surface area contributed by atoms with Gasteiger partial charge in [0.25, 0.3) is 0 Å². The Balaban J connectivity index is 2.16. The van der Waals surface area contributed by atoms with Gasteiger partial charge in [-0.05, 0) is 24.5 Å². The summed E-state index contributed by atoms with van der Waals surface area (Å²) in [5.74, 6) is 0. The Bertz CT molecular complexity index is 356. The normalized spacial score (nSPS) is 22.9. The first-order valence-corrected chi connectivity index (χ1v) is 10.9. The van der Waals surface area contributed by atoms with E-state index in [4.69, 9.17) is 4.43 Å². The molecule has 0 radical (unpaired) electrons. The molecule has 0 spiro atoms. The van der Waals surface area contributed by atoms with E-state index in [9.17, 15) is 0 Å².